The highest BCUT2D eigenvalue weighted by atomic mass is 16.4. The Hall–Kier alpha value is -1.57. The standard InChI is InChI=1S/C8H11NO4/c1-5(3-6(10)11)8(2,4-9)7(12)13/h5H,3H2,1-2H3,(H,10,11)(H,12,13)/t5-,8-/m1/s1. The molecule has 0 aliphatic carbocycles. The van der Waals surface area contributed by atoms with Gasteiger partial charge in [0, 0.05) is 6.42 Å². The van der Waals surface area contributed by atoms with E-state index < -0.39 is 23.3 Å². The predicted molar refractivity (Wildman–Crippen MR) is 42.8 cm³/mol. The molecule has 0 radical (unpaired) electrons. The average Bonchev–Trinajstić information content (AvgIpc) is 2.01. The number of nitriles is 1. The van der Waals surface area contributed by atoms with E-state index in [9.17, 15) is 9.59 Å². The monoisotopic (exact) mass is 185 g/mol. The molecule has 5 heteroatoms. The van der Waals surface area contributed by atoms with E-state index in [1.54, 1.807) is 6.07 Å². The number of hydrogen-bond donors (Lipinski definition) is 2. The maximum Gasteiger partial charge on any atom is 0.324 e. The van der Waals surface area contributed by atoms with Gasteiger partial charge < -0.3 is 10.2 Å². The van der Waals surface area contributed by atoms with E-state index in [2.05, 4.69) is 0 Å². The summed E-state index contributed by atoms with van der Waals surface area (Å²) in [6.07, 6.45) is -0.323. The van der Waals surface area contributed by atoms with Crippen LogP contribution in [0.25, 0.3) is 0 Å². The number of carboxylic acids is 2. The zero-order valence-corrected chi connectivity index (χ0v) is 7.44. The van der Waals surface area contributed by atoms with Crippen LogP contribution in [0.2, 0.25) is 0 Å². The zero-order valence-electron chi connectivity index (χ0n) is 7.44. The molecule has 2 N–H and O–H groups in total. The molecule has 0 aromatic carbocycles. The van der Waals surface area contributed by atoms with Crippen LogP contribution in [0.3, 0.4) is 0 Å². The van der Waals surface area contributed by atoms with Crippen LogP contribution in [0.5, 0.6) is 0 Å². The Bertz CT molecular complexity index is 268. The number of hydrogen-bond acceptors (Lipinski definition) is 3. The minimum absolute atomic E-state index is 0.323. The normalized spacial score (nSPS) is 16.7. The summed E-state index contributed by atoms with van der Waals surface area (Å²) in [6, 6.07) is 1.62. The first-order valence-corrected chi connectivity index (χ1v) is 3.71. The van der Waals surface area contributed by atoms with E-state index in [1.807, 2.05) is 0 Å². The van der Waals surface area contributed by atoms with Crippen molar-refractivity contribution in [2.24, 2.45) is 11.3 Å². The first-order chi connectivity index (χ1) is 5.84. The second kappa shape index (κ2) is 3.90. The quantitative estimate of drug-likeness (QED) is 0.672. The van der Waals surface area contributed by atoms with Crippen molar-refractivity contribution in [2.45, 2.75) is 20.3 Å². The highest BCUT2D eigenvalue weighted by Crippen LogP contribution is 2.29. The number of aliphatic carboxylic acids is 2. The summed E-state index contributed by atoms with van der Waals surface area (Å²) < 4.78 is 0. The molecule has 0 saturated carbocycles. The van der Waals surface area contributed by atoms with Gasteiger partial charge in [0.05, 0.1) is 6.07 Å². The van der Waals surface area contributed by atoms with Crippen molar-refractivity contribution < 1.29 is 19.8 Å². The molecule has 13 heavy (non-hydrogen) atoms. The Kier molecular flexibility index (Phi) is 3.43. The van der Waals surface area contributed by atoms with Crippen molar-refractivity contribution in [3.63, 3.8) is 0 Å². The Balaban J connectivity index is 4.69. The molecule has 0 bridgehead atoms. The summed E-state index contributed by atoms with van der Waals surface area (Å²) in [5, 5.41) is 25.7. The summed E-state index contributed by atoms with van der Waals surface area (Å²) in [6.45, 7) is 2.66. The van der Waals surface area contributed by atoms with Crippen LogP contribution < -0.4 is 0 Å². The summed E-state index contributed by atoms with van der Waals surface area (Å²) in [5.41, 5.74) is -1.63. The second-order valence-corrected chi connectivity index (χ2v) is 3.12. The largest absolute Gasteiger partial charge is 0.481 e. The van der Waals surface area contributed by atoms with E-state index >= 15 is 0 Å². The van der Waals surface area contributed by atoms with Crippen LogP contribution in [-0.2, 0) is 9.59 Å². The molecule has 0 unspecified atom stereocenters. The van der Waals surface area contributed by atoms with Crippen molar-refractivity contribution >= 4 is 11.9 Å². The van der Waals surface area contributed by atoms with Crippen molar-refractivity contribution in [1.29, 1.82) is 5.26 Å². The SMILES string of the molecule is C[C@H](CC(=O)O)[C@@](C)(C#N)C(=O)O. The molecule has 0 aliphatic heterocycles. The predicted octanol–water partition coefficient (Wildman–Crippen LogP) is 0.712. The van der Waals surface area contributed by atoms with Gasteiger partial charge in [-0.2, -0.15) is 5.26 Å². The van der Waals surface area contributed by atoms with Crippen LogP contribution in [0, 0.1) is 22.7 Å². The topological polar surface area (TPSA) is 98.4 Å². The molecular formula is C8H11NO4. The zero-order chi connectivity index (χ0) is 10.6. The highest BCUT2D eigenvalue weighted by molar-refractivity contribution is 5.79. The van der Waals surface area contributed by atoms with Gasteiger partial charge in [-0.15, -0.1) is 0 Å². The van der Waals surface area contributed by atoms with E-state index in [-0.39, 0.29) is 6.42 Å². The molecule has 0 aromatic rings. The van der Waals surface area contributed by atoms with Crippen molar-refractivity contribution in [1.82, 2.24) is 0 Å². The van der Waals surface area contributed by atoms with E-state index in [4.69, 9.17) is 15.5 Å². The van der Waals surface area contributed by atoms with Gasteiger partial charge >= 0.3 is 11.9 Å². The van der Waals surface area contributed by atoms with Gasteiger partial charge in [0.25, 0.3) is 0 Å². The summed E-state index contributed by atoms with van der Waals surface area (Å²) in [7, 11) is 0. The molecule has 0 rings (SSSR count). The molecule has 0 aromatic heterocycles. The molecule has 0 fully saturated rings. The fourth-order valence-electron chi connectivity index (χ4n) is 0.835. The lowest BCUT2D eigenvalue weighted by Gasteiger charge is -2.22. The van der Waals surface area contributed by atoms with Crippen LogP contribution in [0.4, 0.5) is 0 Å². The number of rotatable bonds is 4. The second-order valence-electron chi connectivity index (χ2n) is 3.12. The molecule has 0 heterocycles. The fourth-order valence-corrected chi connectivity index (χ4v) is 0.835. The van der Waals surface area contributed by atoms with Crippen LogP contribution in [0.15, 0.2) is 0 Å². The molecule has 72 valence electrons. The third-order valence-electron chi connectivity index (χ3n) is 2.14. The van der Waals surface area contributed by atoms with Gasteiger partial charge in [-0.05, 0) is 12.8 Å². The van der Waals surface area contributed by atoms with Crippen LogP contribution in [-0.4, -0.2) is 22.2 Å². The van der Waals surface area contributed by atoms with Gasteiger partial charge in [-0.3, -0.25) is 9.59 Å². The van der Waals surface area contributed by atoms with Gasteiger partial charge in [0.15, 0.2) is 5.41 Å². The molecule has 0 saturated heterocycles. The first kappa shape index (κ1) is 11.4. The van der Waals surface area contributed by atoms with Gasteiger partial charge in [0.1, 0.15) is 0 Å². The Morgan fingerprint density at radius 2 is 2.00 bits per heavy atom. The van der Waals surface area contributed by atoms with Crippen molar-refractivity contribution in [2.75, 3.05) is 0 Å². The fraction of sp³-hybridized carbons (Fsp3) is 0.625. The third-order valence-corrected chi connectivity index (χ3v) is 2.14. The van der Waals surface area contributed by atoms with Crippen LogP contribution >= 0.6 is 0 Å². The van der Waals surface area contributed by atoms with Crippen molar-refractivity contribution in [3.05, 3.63) is 0 Å². The van der Waals surface area contributed by atoms with E-state index in [0.717, 1.165) is 0 Å². The molecule has 5 nitrogen and oxygen atoms in total. The maximum absolute atomic E-state index is 10.7. The van der Waals surface area contributed by atoms with Gasteiger partial charge in [-0.25, -0.2) is 0 Å². The summed E-state index contributed by atoms with van der Waals surface area (Å²) in [5.74, 6) is -3.11. The van der Waals surface area contributed by atoms with E-state index in [0.29, 0.717) is 0 Å². The van der Waals surface area contributed by atoms with Crippen molar-refractivity contribution in [3.8, 4) is 6.07 Å². The number of carboxylic acid groups (broad SMARTS) is 2. The van der Waals surface area contributed by atoms with Gasteiger partial charge in [-0.1, -0.05) is 6.92 Å². The van der Waals surface area contributed by atoms with E-state index in [1.165, 1.54) is 13.8 Å². The molecule has 0 aliphatic rings. The number of carbonyl (C=O) groups is 2. The van der Waals surface area contributed by atoms with Gasteiger partial charge in [0.2, 0.25) is 0 Å². The average molecular weight is 185 g/mol. The summed E-state index contributed by atoms with van der Waals surface area (Å²) in [4.78, 5) is 21.0. The lowest BCUT2D eigenvalue weighted by Crippen LogP contribution is -2.34. The minimum Gasteiger partial charge on any atom is -0.481 e. The molecule has 0 spiro atoms. The minimum atomic E-state index is -1.63. The summed E-state index contributed by atoms with van der Waals surface area (Å²) >= 11 is 0. The lowest BCUT2D eigenvalue weighted by atomic mass is 9.78. The lowest BCUT2D eigenvalue weighted by molar-refractivity contribution is -0.148. The highest BCUT2D eigenvalue weighted by Gasteiger charge is 2.40. The first-order valence-electron chi connectivity index (χ1n) is 3.71. The smallest absolute Gasteiger partial charge is 0.324 e. The number of nitrogens with zero attached hydrogens (tertiary/aromatic N) is 1. The third kappa shape index (κ3) is 2.44. The van der Waals surface area contributed by atoms with Crippen LogP contribution in [0.1, 0.15) is 20.3 Å². The molecular weight excluding hydrogens is 174 g/mol. The molecule has 0 amide bonds. The maximum atomic E-state index is 10.7. The molecule has 2 atom stereocenters. The Morgan fingerprint density at radius 3 is 2.23 bits per heavy atom. The Morgan fingerprint density at radius 1 is 1.54 bits per heavy atom. The Labute approximate surface area is 75.6 Å².